The zero-order valence-corrected chi connectivity index (χ0v) is 13.4. The number of fused-ring (bicyclic) bond motifs is 2. The molecule has 0 radical (unpaired) electrons. The van der Waals surface area contributed by atoms with Crippen LogP contribution in [-0.2, 0) is 11.2 Å². The predicted molar refractivity (Wildman–Crippen MR) is 94.8 cm³/mol. The third-order valence-electron chi connectivity index (χ3n) is 4.27. The van der Waals surface area contributed by atoms with Crippen LogP contribution in [0.1, 0.15) is 24.3 Å². The minimum Gasteiger partial charge on any atom is -0.459 e. The summed E-state index contributed by atoms with van der Waals surface area (Å²) in [6.07, 6.45) is 2.24. The standard InChI is InChI=1S/C20H18N2O2/c1-13(19-10-14-6-2-5-9-18(14)24-19)22-20(23)11-15-12-21-17-8-4-3-7-16(15)17/h2-10,12-13,21H,11H2,1H3,(H,22,23). The van der Waals surface area contributed by atoms with Gasteiger partial charge in [0.05, 0.1) is 12.5 Å². The van der Waals surface area contributed by atoms with Crippen LogP contribution in [0.5, 0.6) is 0 Å². The Bertz CT molecular complexity index is 980. The molecule has 24 heavy (non-hydrogen) atoms. The molecule has 1 amide bonds. The summed E-state index contributed by atoms with van der Waals surface area (Å²) in [4.78, 5) is 15.6. The van der Waals surface area contributed by atoms with Crippen molar-refractivity contribution in [1.29, 1.82) is 0 Å². The highest BCUT2D eigenvalue weighted by Gasteiger charge is 2.15. The van der Waals surface area contributed by atoms with Gasteiger partial charge in [-0.25, -0.2) is 0 Å². The van der Waals surface area contributed by atoms with E-state index in [1.165, 1.54) is 0 Å². The molecule has 4 heteroatoms. The van der Waals surface area contributed by atoms with E-state index in [1.807, 2.05) is 67.7 Å². The van der Waals surface area contributed by atoms with Crippen LogP contribution in [0.15, 0.2) is 65.2 Å². The highest BCUT2D eigenvalue weighted by atomic mass is 16.3. The highest BCUT2D eigenvalue weighted by molar-refractivity contribution is 5.89. The summed E-state index contributed by atoms with van der Waals surface area (Å²) in [5.41, 5.74) is 2.88. The first-order valence-corrected chi connectivity index (χ1v) is 8.03. The lowest BCUT2D eigenvalue weighted by atomic mass is 10.1. The van der Waals surface area contributed by atoms with Crippen LogP contribution in [0.2, 0.25) is 0 Å². The van der Waals surface area contributed by atoms with Crippen molar-refractivity contribution in [2.24, 2.45) is 0 Å². The number of benzene rings is 2. The summed E-state index contributed by atoms with van der Waals surface area (Å²) in [6.45, 7) is 1.94. The number of para-hydroxylation sites is 2. The molecular formula is C20H18N2O2. The zero-order chi connectivity index (χ0) is 16.5. The van der Waals surface area contributed by atoms with Crippen LogP contribution >= 0.6 is 0 Å². The van der Waals surface area contributed by atoms with Crippen molar-refractivity contribution in [3.05, 3.63) is 72.1 Å². The molecule has 0 saturated carbocycles. The van der Waals surface area contributed by atoms with E-state index >= 15 is 0 Å². The normalized spacial score (nSPS) is 12.5. The van der Waals surface area contributed by atoms with Gasteiger partial charge in [-0.1, -0.05) is 36.4 Å². The van der Waals surface area contributed by atoms with Crippen molar-refractivity contribution < 1.29 is 9.21 Å². The van der Waals surface area contributed by atoms with Crippen molar-refractivity contribution in [1.82, 2.24) is 10.3 Å². The first kappa shape index (κ1) is 14.6. The number of rotatable bonds is 4. The second kappa shape index (κ2) is 5.89. The Hall–Kier alpha value is -3.01. The van der Waals surface area contributed by atoms with E-state index in [1.54, 1.807) is 0 Å². The maximum atomic E-state index is 12.4. The zero-order valence-electron chi connectivity index (χ0n) is 13.4. The molecule has 0 aliphatic carbocycles. The van der Waals surface area contributed by atoms with Gasteiger partial charge in [-0.05, 0) is 30.7 Å². The van der Waals surface area contributed by atoms with E-state index < -0.39 is 0 Å². The van der Waals surface area contributed by atoms with Gasteiger partial charge in [0, 0.05) is 22.5 Å². The van der Waals surface area contributed by atoms with Gasteiger partial charge in [0.25, 0.3) is 0 Å². The molecular weight excluding hydrogens is 300 g/mol. The summed E-state index contributed by atoms with van der Waals surface area (Å²) >= 11 is 0. The second-order valence-electron chi connectivity index (χ2n) is 6.01. The number of carbonyl (C=O) groups excluding carboxylic acids is 1. The van der Waals surface area contributed by atoms with Gasteiger partial charge < -0.3 is 14.7 Å². The van der Waals surface area contributed by atoms with Crippen LogP contribution in [0.25, 0.3) is 21.9 Å². The van der Waals surface area contributed by atoms with Gasteiger partial charge in [0.15, 0.2) is 0 Å². The van der Waals surface area contributed by atoms with E-state index in [4.69, 9.17) is 4.42 Å². The number of hydrogen-bond donors (Lipinski definition) is 2. The molecule has 2 aromatic carbocycles. The number of carbonyl (C=O) groups is 1. The maximum Gasteiger partial charge on any atom is 0.225 e. The van der Waals surface area contributed by atoms with E-state index in [0.29, 0.717) is 6.42 Å². The van der Waals surface area contributed by atoms with Crippen LogP contribution in [0.3, 0.4) is 0 Å². The monoisotopic (exact) mass is 318 g/mol. The second-order valence-corrected chi connectivity index (χ2v) is 6.01. The predicted octanol–water partition coefficient (Wildman–Crippen LogP) is 4.33. The van der Waals surface area contributed by atoms with Crippen LogP contribution < -0.4 is 5.32 Å². The first-order chi connectivity index (χ1) is 11.7. The van der Waals surface area contributed by atoms with Gasteiger partial charge in [-0.3, -0.25) is 4.79 Å². The largest absolute Gasteiger partial charge is 0.459 e. The summed E-state index contributed by atoms with van der Waals surface area (Å²) < 4.78 is 5.82. The molecule has 4 rings (SSSR count). The summed E-state index contributed by atoms with van der Waals surface area (Å²) in [7, 11) is 0. The third kappa shape index (κ3) is 2.67. The van der Waals surface area contributed by atoms with Gasteiger partial charge >= 0.3 is 0 Å². The van der Waals surface area contributed by atoms with Gasteiger partial charge in [0.1, 0.15) is 11.3 Å². The molecule has 1 unspecified atom stereocenters. The fourth-order valence-electron chi connectivity index (χ4n) is 3.03. The van der Waals surface area contributed by atoms with Crippen molar-refractivity contribution in [3.8, 4) is 0 Å². The Labute approximate surface area is 139 Å². The van der Waals surface area contributed by atoms with Crippen molar-refractivity contribution >= 4 is 27.8 Å². The van der Waals surface area contributed by atoms with E-state index in [9.17, 15) is 4.79 Å². The molecule has 0 saturated heterocycles. The van der Waals surface area contributed by atoms with Crippen molar-refractivity contribution in [2.75, 3.05) is 0 Å². The van der Waals surface area contributed by atoms with Crippen molar-refractivity contribution in [3.63, 3.8) is 0 Å². The molecule has 4 nitrogen and oxygen atoms in total. The SMILES string of the molecule is CC(NC(=O)Cc1c[nH]c2ccccc12)c1cc2ccccc2o1. The summed E-state index contributed by atoms with van der Waals surface area (Å²) in [5.74, 6) is 0.746. The van der Waals surface area contributed by atoms with Gasteiger partial charge in [0.2, 0.25) is 5.91 Å². The maximum absolute atomic E-state index is 12.4. The number of nitrogens with one attached hydrogen (secondary N) is 2. The number of aromatic amines is 1. The Balaban J connectivity index is 1.49. The average Bonchev–Trinajstić information content (AvgIpc) is 3.19. The van der Waals surface area contributed by atoms with E-state index in [2.05, 4.69) is 10.3 Å². The Morgan fingerprint density at radius 1 is 1.17 bits per heavy atom. The molecule has 4 aromatic rings. The summed E-state index contributed by atoms with van der Waals surface area (Å²) in [6, 6.07) is 17.6. The number of amides is 1. The molecule has 0 fully saturated rings. The summed E-state index contributed by atoms with van der Waals surface area (Å²) in [5, 5.41) is 5.15. The Kier molecular flexibility index (Phi) is 3.58. The molecule has 120 valence electrons. The molecule has 2 heterocycles. The molecule has 0 spiro atoms. The lowest BCUT2D eigenvalue weighted by Gasteiger charge is -2.11. The quantitative estimate of drug-likeness (QED) is 0.588. The molecule has 0 bridgehead atoms. The highest BCUT2D eigenvalue weighted by Crippen LogP contribution is 2.24. The molecule has 2 N–H and O–H groups in total. The molecule has 2 aromatic heterocycles. The molecule has 0 aliphatic rings. The number of hydrogen-bond acceptors (Lipinski definition) is 2. The average molecular weight is 318 g/mol. The lowest BCUT2D eigenvalue weighted by Crippen LogP contribution is -2.27. The van der Waals surface area contributed by atoms with Crippen LogP contribution in [-0.4, -0.2) is 10.9 Å². The minimum atomic E-state index is -0.171. The first-order valence-electron chi connectivity index (χ1n) is 8.03. The van der Waals surface area contributed by atoms with Gasteiger partial charge in [-0.2, -0.15) is 0 Å². The van der Waals surface area contributed by atoms with Crippen molar-refractivity contribution in [2.45, 2.75) is 19.4 Å². The smallest absolute Gasteiger partial charge is 0.225 e. The topological polar surface area (TPSA) is 58.0 Å². The minimum absolute atomic E-state index is 0.0206. The molecule has 1 atom stereocenters. The Morgan fingerprint density at radius 2 is 1.96 bits per heavy atom. The fraction of sp³-hybridized carbons (Fsp3) is 0.150. The number of furan rings is 1. The fourth-order valence-corrected chi connectivity index (χ4v) is 3.03. The van der Waals surface area contributed by atoms with E-state index in [-0.39, 0.29) is 11.9 Å². The number of H-pyrrole nitrogens is 1. The van der Waals surface area contributed by atoms with Gasteiger partial charge in [-0.15, -0.1) is 0 Å². The third-order valence-corrected chi connectivity index (χ3v) is 4.27. The van der Waals surface area contributed by atoms with E-state index in [0.717, 1.165) is 33.2 Å². The Morgan fingerprint density at radius 3 is 2.83 bits per heavy atom. The van der Waals surface area contributed by atoms with Crippen LogP contribution in [0, 0.1) is 0 Å². The lowest BCUT2D eigenvalue weighted by molar-refractivity contribution is -0.121. The number of aromatic nitrogens is 1. The molecule has 0 aliphatic heterocycles. The van der Waals surface area contributed by atoms with Crippen LogP contribution in [0.4, 0.5) is 0 Å².